The van der Waals surface area contributed by atoms with Gasteiger partial charge in [0.2, 0.25) is 0 Å². The van der Waals surface area contributed by atoms with Crippen LogP contribution >= 0.6 is 0 Å². The fourth-order valence-corrected chi connectivity index (χ4v) is 0.665. The molecule has 0 aliphatic rings. The molecule has 0 bridgehead atoms. The first-order valence-electron chi connectivity index (χ1n) is 4.20. The van der Waals surface area contributed by atoms with E-state index in [1.165, 1.54) is 0 Å². The summed E-state index contributed by atoms with van der Waals surface area (Å²) < 4.78 is 0. The Labute approximate surface area is 68.7 Å². The van der Waals surface area contributed by atoms with Gasteiger partial charge in [0.15, 0.2) is 0 Å². The molecule has 0 unspecified atom stereocenters. The lowest BCUT2D eigenvalue weighted by molar-refractivity contribution is -0.102. The third-order valence-corrected chi connectivity index (χ3v) is 2.03. The van der Waals surface area contributed by atoms with Gasteiger partial charge in [0.25, 0.3) is 0 Å². The van der Waals surface area contributed by atoms with Gasteiger partial charge in [-0.15, -0.1) is 0 Å². The van der Waals surface area contributed by atoms with Gasteiger partial charge in [0.05, 0.1) is 12.2 Å². The summed E-state index contributed by atoms with van der Waals surface area (Å²) in [5.41, 5.74) is 2.64. The molecule has 0 spiro atoms. The summed E-state index contributed by atoms with van der Waals surface area (Å²) in [5, 5.41) is 8.47. The van der Waals surface area contributed by atoms with Gasteiger partial charge in [-0.25, -0.2) is 0 Å². The second kappa shape index (κ2) is 5.52. The first kappa shape index (κ1) is 10.9. The molecule has 3 heteroatoms. The maximum Gasteiger partial charge on any atom is 0.0863 e. The minimum absolute atomic E-state index is 0.0881. The number of rotatable bonds is 6. The van der Waals surface area contributed by atoms with E-state index in [-0.39, 0.29) is 12.2 Å². The molecule has 0 fully saturated rings. The predicted octanol–water partition coefficient (Wildman–Crippen LogP) is 1.08. The number of aliphatic hydroxyl groups is 1. The monoisotopic (exact) mass is 161 g/mol. The Balaban J connectivity index is 3.51. The van der Waals surface area contributed by atoms with E-state index >= 15 is 0 Å². The van der Waals surface area contributed by atoms with E-state index in [2.05, 4.69) is 26.3 Å². The topological polar surface area (TPSA) is 41.5 Å². The van der Waals surface area contributed by atoms with E-state index in [1.54, 1.807) is 0 Å². The van der Waals surface area contributed by atoms with Gasteiger partial charge >= 0.3 is 0 Å². The highest BCUT2D eigenvalue weighted by atomic mass is 16.7. The fraction of sp³-hybridized carbons (Fsp3) is 1.00. The molecule has 0 aromatic rings. The molecule has 68 valence electrons. The molecule has 0 aromatic carbocycles. The van der Waals surface area contributed by atoms with Crippen LogP contribution in [0.4, 0.5) is 0 Å². The first-order chi connectivity index (χ1) is 5.18. The van der Waals surface area contributed by atoms with Crippen molar-refractivity contribution in [2.45, 2.75) is 39.2 Å². The quantitative estimate of drug-likeness (QED) is 0.452. The van der Waals surface area contributed by atoms with Crippen molar-refractivity contribution in [3.63, 3.8) is 0 Å². The third-order valence-electron chi connectivity index (χ3n) is 2.03. The Kier molecular flexibility index (Phi) is 5.46. The molecule has 0 radical (unpaired) electrons. The molecule has 11 heavy (non-hydrogen) atoms. The van der Waals surface area contributed by atoms with Crippen LogP contribution < -0.4 is 5.48 Å². The van der Waals surface area contributed by atoms with Crippen LogP contribution in [-0.4, -0.2) is 23.9 Å². The minimum atomic E-state index is -0.0881. The van der Waals surface area contributed by atoms with Gasteiger partial charge < -0.3 is 5.11 Å². The molecule has 0 rings (SSSR count). The van der Waals surface area contributed by atoms with Crippen molar-refractivity contribution in [3.8, 4) is 0 Å². The van der Waals surface area contributed by atoms with Crippen LogP contribution in [0.25, 0.3) is 0 Å². The maximum absolute atomic E-state index is 8.47. The summed E-state index contributed by atoms with van der Waals surface area (Å²) in [6.45, 7) is 6.84. The molecule has 0 saturated heterocycles. The van der Waals surface area contributed by atoms with Crippen LogP contribution in [0.1, 0.15) is 33.6 Å². The highest BCUT2D eigenvalue weighted by molar-refractivity contribution is 4.69. The first-order valence-corrected chi connectivity index (χ1v) is 4.20. The second-order valence-electron chi connectivity index (χ2n) is 2.88. The molecule has 0 aliphatic carbocycles. The van der Waals surface area contributed by atoms with Crippen molar-refractivity contribution in [1.82, 2.24) is 5.48 Å². The number of aliphatic hydroxyl groups excluding tert-OH is 1. The molecule has 2 N–H and O–H groups in total. The summed E-state index contributed by atoms with van der Waals surface area (Å²) >= 11 is 0. The molecule has 0 atom stereocenters. The Hall–Kier alpha value is -0.120. The largest absolute Gasteiger partial charge is 0.395 e. The van der Waals surface area contributed by atoms with E-state index in [0.29, 0.717) is 6.54 Å². The van der Waals surface area contributed by atoms with Crippen LogP contribution in [-0.2, 0) is 4.84 Å². The summed E-state index contributed by atoms with van der Waals surface area (Å²) in [6, 6.07) is 0. The van der Waals surface area contributed by atoms with E-state index in [4.69, 9.17) is 9.94 Å². The molecule has 0 amide bonds. The summed E-state index contributed by atoms with van der Waals surface area (Å²) in [7, 11) is 0. The van der Waals surface area contributed by atoms with Crippen LogP contribution in [0.2, 0.25) is 0 Å². The summed E-state index contributed by atoms with van der Waals surface area (Å²) in [6.07, 6.45) is 1.95. The van der Waals surface area contributed by atoms with Crippen LogP contribution in [0, 0.1) is 0 Å². The normalized spacial score (nSPS) is 12.0. The van der Waals surface area contributed by atoms with Crippen LogP contribution in [0.5, 0.6) is 0 Å². The number of hydroxylamine groups is 1. The number of hydrogen-bond donors (Lipinski definition) is 2. The van der Waals surface area contributed by atoms with Crippen molar-refractivity contribution in [2.24, 2.45) is 0 Å². The van der Waals surface area contributed by atoms with Crippen molar-refractivity contribution < 1.29 is 9.94 Å². The molecular weight excluding hydrogens is 142 g/mol. The standard InChI is InChI=1S/C8H19NO2/c1-4-8(3,5-2)11-9-6-7-10/h9-10H,4-7H2,1-3H3. The SMILES string of the molecule is CCC(C)(CC)ONCCO. The Morgan fingerprint density at radius 3 is 2.27 bits per heavy atom. The molecule has 0 saturated carbocycles. The van der Waals surface area contributed by atoms with Gasteiger partial charge in [-0.2, -0.15) is 5.48 Å². The van der Waals surface area contributed by atoms with Crippen molar-refractivity contribution >= 4 is 0 Å². The van der Waals surface area contributed by atoms with E-state index in [1.807, 2.05) is 0 Å². The smallest absolute Gasteiger partial charge is 0.0863 e. The van der Waals surface area contributed by atoms with E-state index < -0.39 is 0 Å². The van der Waals surface area contributed by atoms with Gasteiger partial charge in [0.1, 0.15) is 0 Å². The molecule has 0 heterocycles. The van der Waals surface area contributed by atoms with Crippen molar-refractivity contribution in [2.75, 3.05) is 13.2 Å². The number of hydrogen-bond acceptors (Lipinski definition) is 3. The third kappa shape index (κ3) is 4.35. The van der Waals surface area contributed by atoms with Gasteiger partial charge in [0, 0.05) is 6.54 Å². The lowest BCUT2D eigenvalue weighted by Gasteiger charge is -2.26. The zero-order valence-corrected chi connectivity index (χ0v) is 7.68. The molecule has 0 aliphatic heterocycles. The van der Waals surface area contributed by atoms with E-state index in [0.717, 1.165) is 12.8 Å². The van der Waals surface area contributed by atoms with Gasteiger partial charge in [-0.1, -0.05) is 13.8 Å². The summed E-state index contributed by atoms with van der Waals surface area (Å²) in [4.78, 5) is 5.36. The summed E-state index contributed by atoms with van der Waals surface area (Å²) in [5.74, 6) is 0. The fourth-order valence-electron chi connectivity index (χ4n) is 0.665. The zero-order chi connectivity index (χ0) is 8.74. The van der Waals surface area contributed by atoms with Crippen LogP contribution in [0.15, 0.2) is 0 Å². The molecule has 0 aromatic heterocycles. The van der Waals surface area contributed by atoms with Gasteiger partial charge in [-0.05, 0) is 19.8 Å². The van der Waals surface area contributed by atoms with E-state index in [9.17, 15) is 0 Å². The van der Waals surface area contributed by atoms with Crippen molar-refractivity contribution in [3.05, 3.63) is 0 Å². The maximum atomic E-state index is 8.47. The Bertz CT molecular complexity index is 92.1. The zero-order valence-electron chi connectivity index (χ0n) is 7.68. The Morgan fingerprint density at radius 1 is 1.36 bits per heavy atom. The average Bonchev–Trinajstić information content (AvgIpc) is 2.05. The highest BCUT2D eigenvalue weighted by Gasteiger charge is 2.19. The number of nitrogens with one attached hydrogen (secondary N) is 1. The predicted molar refractivity (Wildman–Crippen MR) is 45.2 cm³/mol. The van der Waals surface area contributed by atoms with Crippen LogP contribution in [0.3, 0.4) is 0 Å². The minimum Gasteiger partial charge on any atom is -0.395 e. The highest BCUT2D eigenvalue weighted by Crippen LogP contribution is 2.17. The molecular formula is C8H19NO2. The lowest BCUT2D eigenvalue weighted by Crippen LogP contribution is -2.35. The van der Waals surface area contributed by atoms with Gasteiger partial charge in [-0.3, -0.25) is 4.84 Å². The lowest BCUT2D eigenvalue weighted by atomic mass is 10.0. The average molecular weight is 161 g/mol. The Morgan fingerprint density at radius 2 is 1.91 bits per heavy atom. The van der Waals surface area contributed by atoms with Crippen molar-refractivity contribution in [1.29, 1.82) is 0 Å². The molecule has 3 nitrogen and oxygen atoms in total. The second-order valence-corrected chi connectivity index (χ2v) is 2.88.